The van der Waals surface area contributed by atoms with Gasteiger partial charge in [-0.3, -0.25) is 4.90 Å². The normalized spacial score (nSPS) is 21.9. The molecule has 2 aliphatic heterocycles. The standard InChI is InChI=1S/C19H29N3O4/c1-15-4-5-18(24-2)17(12-15)20-19(23)22-6-3-9-26-16(14-22)13-21-7-10-25-11-8-21/h4-5,12,16H,3,6-11,13-14H2,1-2H3,(H,20,23)/t16-/m0/s1. The molecule has 2 fully saturated rings. The molecule has 26 heavy (non-hydrogen) atoms. The van der Waals surface area contributed by atoms with Crippen LogP contribution in [0, 0.1) is 6.92 Å². The quantitative estimate of drug-likeness (QED) is 0.886. The minimum Gasteiger partial charge on any atom is -0.495 e. The zero-order chi connectivity index (χ0) is 18.4. The van der Waals surface area contributed by atoms with Gasteiger partial charge in [0.15, 0.2) is 0 Å². The second kappa shape index (κ2) is 9.21. The van der Waals surface area contributed by atoms with Crippen molar-refractivity contribution in [1.29, 1.82) is 0 Å². The Kier molecular flexibility index (Phi) is 6.71. The Balaban J connectivity index is 1.61. The number of benzene rings is 1. The van der Waals surface area contributed by atoms with Gasteiger partial charge >= 0.3 is 6.03 Å². The van der Waals surface area contributed by atoms with Crippen LogP contribution in [0.25, 0.3) is 0 Å². The summed E-state index contributed by atoms with van der Waals surface area (Å²) < 4.78 is 16.7. The summed E-state index contributed by atoms with van der Waals surface area (Å²) in [6, 6.07) is 5.66. The third-order valence-corrected chi connectivity index (χ3v) is 4.80. The van der Waals surface area contributed by atoms with Crippen LogP contribution in [0.15, 0.2) is 18.2 Å². The van der Waals surface area contributed by atoms with Gasteiger partial charge in [-0.05, 0) is 31.0 Å². The molecule has 1 atom stereocenters. The van der Waals surface area contributed by atoms with Gasteiger partial charge in [0, 0.05) is 39.3 Å². The first-order valence-corrected chi connectivity index (χ1v) is 9.28. The van der Waals surface area contributed by atoms with E-state index in [1.165, 1.54) is 0 Å². The number of nitrogens with zero attached hydrogens (tertiary/aromatic N) is 2. The molecule has 1 aromatic rings. The first-order valence-electron chi connectivity index (χ1n) is 9.28. The predicted molar refractivity (Wildman–Crippen MR) is 99.9 cm³/mol. The highest BCUT2D eigenvalue weighted by Crippen LogP contribution is 2.25. The summed E-state index contributed by atoms with van der Waals surface area (Å²) in [6.07, 6.45) is 0.874. The van der Waals surface area contributed by atoms with E-state index in [9.17, 15) is 4.79 Å². The van der Waals surface area contributed by atoms with E-state index in [1.807, 2.05) is 30.0 Å². The fourth-order valence-electron chi connectivity index (χ4n) is 3.38. The number of aryl methyl sites for hydroxylation is 1. The summed E-state index contributed by atoms with van der Waals surface area (Å²) in [7, 11) is 1.61. The van der Waals surface area contributed by atoms with Gasteiger partial charge in [-0.25, -0.2) is 4.79 Å². The molecule has 0 aliphatic carbocycles. The van der Waals surface area contributed by atoms with Gasteiger partial charge < -0.3 is 24.4 Å². The molecule has 0 bridgehead atoms. The summed E-state index contributed by atoms with van der Waals surface area (Å²) in [5, 5.41) is 3.00. The molecule has 0 aromatic heterocycles. The molecule has 2 heterocycles. The Labute approximate surface area is 155 Å². The van der Waals surface area contributed by atoms with E-state index in [1.54, 1.807) is 7.11 Å². The number of carbonyl (C=O) groups excluding carboxylic acids is 1. The van der Waals surface area contributed by atoms with Gasteiger partial charge in [-0.15, -0.1) is 0 Å². The zero-order valence-electron chi connectivity index (χ0n) is 15.7. The number of anilines is 1. The van der Waals surface area contributed by atoms with Crippen LogP contribution in [0.3, 0.4) is 0 Å². The Hall–Kier alpha value is -1.83. The molecule has 144 valence electrons. The van der Waals surface area contributed by atoms with Crippen molar-refractivity contribution in [2.45, 2.75) is 19.4 Å². The first kappa shape index (κ1) is 18.9. The Bertz CT molecular complexity index is 604. The lowest BCUT2D eigenvalue weighted by Gasteiger charge is -2.31. The first-order chi connectivity index (χ1) is 12.7. The van der Waals surface area contributed by atoms with Gasteiger partial charge in [-0.2, -0.15) is 0 Å². The van der Waals surface area contributed by atoms with E-state index < -0.39 is 0 Å². The van der Waals surface area contributed by atoms with Crippen molar-refractivity contribution in [2.75, 3.05) is 65.0 Å². The van der Waals surface area contributed by atoms with Gasteiger partial charge in [0.1, 0.15) is 5.75 Å². The Morgan fingerprint density at radius 3 is 2.85 bits per heavy atom. The van der Waals surface area contributed by atoms with Crippen LogP contribution >= 0.6 is 0 Å². The van der Waals surface area contributed by atoms with Gasteiger partial charge in [0.2, 0.25) is 0 Å². The molecule has 0 unspecified atom stereocenters. The van der Waals surface area contributed by atoms with E-state index in [4.69, 9.17) is 14.2 Å². The van der Waals surface area contributed by atoms with Gasteiger partial charge in [0.05, 0.1) is 32.1 Å². The third kappa shape index (κ3) is 5.09. The average molecular weight is 363 g/mol. The lowest BCUT2D eigenvalue weighted by atomic mass is 10.2. The second-order valence-corrected chi connectivity index (χ2v) is 6.84. The molecule has 0 spiro atoms. The number of ether oxygens (including phenoxy) is 3. The highest BCUT2D eigenvalue weighted by Gasteiger charge is 2.25. The number of hydrogen-bond acceptors (Lipinski definition) is 5. The molecule has 3 rings (SSSR count). The van der Waals surface area contributed by atoms with Crippen LogP contribution in [0.2, 0.25) is 0 Å². The molecule has 2 amide bonds. The van der Waals surface area contributed by atoms with Crippen LogP contribution < -0.4 is 10.1 Å². The maximum Gasteiger partial charge on any atom is 0.322 e. The van der Waals surface area contributed by atoms with Crippen molar-refractivity contribution in [1.82, 2.24) is 9.80 Å². The van der Waals surface area contributed by atoms with Crippen LogP contribution in [-0.2, 0) is 9.47 Å². The van der Waals surface area contributed by atoms with Crippen LogP contribution in [0.5, 0.6) is 5.75 Å². The zero-order valence-corrected chi connectivity index (χ0v) is 15.7. The molecule has 0 radical (unpaired) electrons. The summed E-state index contributed by atoms with van der Waals surface area (Å²) in [4.78, 5) is 17.0. The van der Waals surface area contributed by atoms with Gasteiger partial charge in [0.25, 0.3) is 0 Å². The number of amides is 2. The van der Waals surface area contributed by atoms with Crippen LogP contribution in [-0.4, -0.2) is 81.6 Å². The maximum absolute atomic E-state index is 12.8. The van der Waals surface area contributed by atoms with Crippen molar-refractivity contribution < 1.29 is 19.0 Å². The van der Waals surface area contributed by atoms with Crippen molar-refractivity contribution in [3.8, 4) is 5.75 Å². The average Bonchev–Trinajstić information content (AvgIpc) is 2.88. The van der Waals surface area contributed by atoms with Crippen LogP contribution in [0.4, 0.5) is 10.5 Å². The minimum absolute atomic E-state index is 0.0285. The van der Waals surface area contributed by atoms with E-state index >= 15 is 0 Å². The van der Waals surface area contributed by atoms with Crippen molar-refractivity contribution >= 4 is 11.7 Å². The number of carbonyl (C=O) groups is 1. The fourth-order valence-corrected chi connectivity index (χ4v) is 3.38. The molecule has 2 saturated heterocycles. The minimum atomic E-state index is -0.105. The monoisotopic (exact) mass is 363 g/mol. The summed E-state index contributed by atoms with van der Waals surface area (Å²) in [5.74, 6) is 0.667. The number of rotatable bonds is 4. The van der Waals surface area contributed by atoms with E-state index in [0.717, 1.165) is 44.8 Å². The summed E-state index contributed by atoms with van der Waals surface area (Å²) >= 11 is 0. The molecule has 1 aromatic carbocycles. The lowest BCUT2D eigenvalue weighted by molar-refractivity contribution is -0.00983. The van der Waals surface area contributed by atoms with E-state index in [-0.39, 0.29) is 12.1 Å². The molecule has 2 aliphatic rings. The highest BCUT2D eigenvalue weighted by atomic mass is 16.5. The second-order valence-electron chi connectivity index (χ2n) is 6.84. The topological polar surface area (TPSA) is 63.3 Å². The van der Waals surface area contributed by atoms with Crippen LogP contribution in [0.1, 0.15) is 12.0 Å². The largest absolute Gasteiger partial charge is 0.495 e. The molecule has 0 saturated carbocycles. The number of morpholine rings is 1. The number of nitrogens with one attached hydrogen (secondary N) is 1. The SMILES string of the molecule is COc1ccc(C)cc1NC(=O)N1CCCO[C@@H](CN2CCOCC2)C1. The predicted octanol–water partition coefficient (Wildman–Crippen LogP) is 1.96. The maximum atomic E-state index is 12.8. The number of hydrogen-bond donors (Lipinski definition) is 1. The molecular formula is C19H29N3O4. The summed E-state index contributed by atoms with van der Waals surface area (Å²) in [5.41, 5.74) is 1.78. The Morgan fingerprint density at radius 2 is 2.08 bits per heavy atom. The van der Waals surface area contributed by atoms with Crippen molar-refractivity contribution in [3.05, 3.63) is 23.8 Å². The third-order valence-electron chi connectivity index (χ3n) is 4.80. The molecule has 7 heteroatoms. The number of urea groups is 1. The molecule has 1 N–H and O–H groups in total. The van der Waals surface area contributed by atoms with E-state index in [0.29, 0.717) is 31.1 Å². The smallest absolute Gasteiger partial charge is 0.322 e. The summed E-state index contributed by atoms with van der Waals surface area (Å²) in [6.45, 7) is 8.19. The van der Waals surface area contributed by atoms with Crippen molar-refractivity contribution in [3.63, 3.8) is 0 Å². The lowest BCUT2D eigenvalue weighted by Crippen LogP contribution is -2.46. The molecule has 7 nitrogen and oxygen atoms in total. The fraction of sp³-hybridized carbons (Fsp3) is 0.632. The molecular weight excluding hydrogens is 334 g/mol. The van der Waals surface area contributed by atoms with E-state index in [2.05, 4.69) is 10.2 Å². The number of methoxy groups -OCH3 is 1. The highest BCUT2D eigenvalue weighted by molar-refractivity contribution is 5.91. The van der Waals surface area contributed by atoms with Gasteiger partial charge in [-0.1, -0.05) is 6.07 Å². The van der Waals surface area contributed by atoms with Crippen molar-refractivity contribution in [2.24, 2.45) is 0 Å². The Morgan fingerprint density at radius 1 is 1.27 bits per heavy atom.